The van der Waals surface area contributed by atoms with Gasteiger partial charge in [0, 0.05) is 0 Å². The molecule has 3 nitrogen and oxygen atoms in total. The Labute approximate surface area is 36.9 Å². The Morgan fingerprint density at radius 3 is 2.00 bits per heavy atom. The van der Waals surface area contributed by atoms with Gasteiger partial charge in [0.05, 0.1) is 6.10 Å². The average Bonchev–Trinajstić information content (AvgIpc) is 1.35. The summed E-state index contributed by atoms with van der Waals surface area (Å²) in [6.07, 6.45) is 0.0509. The van der Waals surface area contributed by atoms with E-state index in [1.165, 1.54) is 0 Å². The van der Waals surface area contributed by atoms with Crippen molar-refractivity contribution in [3.05, 3.63) is 0 Å². The SMILES string of the molecule is CC(C)OON. The smallest absolute Gasteiger partial charge is 0.0893 e. The molecule has 0 amide bonds. The van der Waals surface area contributed by atoms with Crippen molar-refractivity contribution in [3.8, 4) is 0 Å². The minimum atomic E-state index is 0.0509. The van der Waals surface area contributed by atoms with Gasteiger partial charge in [0.15, 0.2) is 0 Å². The number of hydrogen-bond acceptors (Lipinski definition) is 3. The van der Waals surface area contributed by atoms with E-state index in [9.17, 15) is 0 Å². The van der Waals surface area contributed by atoms with E-state index in [0.29, 0.717) is 0 Å². The van der Waals surface area contributed by atoms with E-state index in [-0.39, 0.29) is 6.10 Å². The molecule has 0 rings (SSSR count). The van der Waals surface area contributed by atoms with Crippen molar-refractivity contribution in [3.63, 3.8) is 0 Å². The van der Waals surface area contributed by atoms with Crippen molar-refractivity contribution in [2.45, 2.75) is 20.0 Å². The van der Waals surface area contributed by atoms with Gasteiger partial charge in [-0.25, -0.2) is 4.89 Å². The third-order valence-corrected chi connectivity index (χ3v) is 0.248. The monoisotopic (exact) mass is 91.1 g/mol. The predicted molar refractivity (Wildman–Crippen MR) is 21.5 cm³/mol. The molecule has 0 aliphatic heterocycles. The fraction of sp³-hybridized carbons (Fsp3) is 1.00. The molecule has 0 saturated carbocycles. The van der Waals surface area contributed by atoms with Gasteiger partial charge in [-0.1, -0.05) is 0 Å². The van der Waals surface area contributed by atoms with Crippen molar-refractivity contribution in [1.82, 2.24) is 0 Å². The lowest BCUT2D eigenvalue weighted by Gasteiger charge is -1.97. The lowest BCUT2D eigenvalue weighted by Crippen LogP contribution is -2.07. The summed E-state index contributed by atoms with van der Waals surface area (Å²) in [4.78, 5) is 8.12. The van der Waals surface area contributed by atoms with Gasteiger partial charge in [-0.2, -0.15) is 5.90 Å². The molecule has 0 unspecified atom stereocenters. The zero-order chi connectivity index (χ0) is 4.99. The largest absolute Gasteiger partial charge is 0.216 e. The molecule has 0 aromatic heterocycles. The first-order chi connectivity index (χ1) is 2.77. The molecule has 0 spiro atoms. The molecular weight excluding hydrogens is 82.0 g/mol. The van der Waals surface area contributed by atoms with Crippen LogP contribution in [0.4, 0.5) is 0 Å². The molecule has 0 fully saturated rings. The fourth-order valence-electron chi connectivity index (χ4n) is 0.111. The Morgan fingerprint density at radius 2 is 2.00 bits per heavy atom. The van der Waals surface area contributed by atoms with Crippen LogP contribution in [0, 0.1) is 0 Å². The van der Waals surface area contributed by atoms with Gasteiger partial charge < -0.3 is 0 Å². The summed E-state index contributed by atoms with van der Waals surface area (Å²) < 4.78 is 0. The van der Waals surface area contributed by atoms with E-state index >= 15 is 0 Å². The Kier molecular flexibility index (Phi) is 3.02. The molecule has 0 heterocycles. The lowest BCUT2D eigenvalue weighted by atomic mass is 10.5. The highest BCUT2D eigenvalue weighted by Gasteiger charge is 1.86. The van der Waals surface area contributed by atoms with Crippen LogP contribution in [0.25, 0.3) is 0 Å². The van der Waals surface area contributed by atoms with Crippen LogP contribution < -0.4 is 5.90 Å². The third-order valence-electron chi connectivity index (χ3n) is 0.248. The topological polar surface area (TPSA) is 44.5 Å². The van der Waals surface area contributed by atoms with Crippen LogP contribution in [0.2, 0.25) is 0 Å². The molecule has 2 N–H and O–H groups in total. The predicted octanol–water partition coefficient (Wildman–Crippen LogP) is 0.217. The molecular formula is C3H9NO2. The Morgan fingerprint density at radius 1 is 1.50 bits per heavy atom. The molecule has 38 valence electrons. The van der Waals surface area contributed by atoms with Crippen LogP contribution in [0.3, 0.4) is 0 Å². The first-order valence-electron chi connectivity index (χ1n) is 1.79. The van der Waals surface area contributed by atoms with Crippen LogP contribution in [0.15, 0.2) is 0 Å². The van der Waals surface area contributed by atoms with Crippen LogP contribution in [-0.4, -0.2) is 6.10 Å². The summed E-state index contributed by atoms with van der Waals surface area (Å²) in [5.74, 6) is 4.51. The molecule has 6 heavy (non-hydrogen) atoms. The van der Waals surface area contributed by atoms with Gasteiger partial charge in [0.2, 0.25) is 0 Å². The van der Waals surface area contributed by atoms with Crippen molar-refractivity contribution in [2.75, 3.05) is 0 Å². The van der Waals surface area contributed by atoms with E-state index in [1.807, 2.05) is 13.8 Å². The highest BCUT2D eigenvalue weighted by molar-refractivity contribution is 4.24. The molecule has 0 radical (unpaired) electrons. The van der Waals surface area contributed by atoms with Crippen molar-refractivity contribution >= 4 is 0 Å². The molecule has 3 heteroatoms. The normalized spacial score (nSPS) is 10.0. The Hall–Kier alpha value is -0.120. The van der Waals surface area contributed by atoms with Gasteiger partial charge in [0.1, 0.15) is 0 Å². The van der Waals surface area contributed by atoms with Crippen molar-refractivity contribution in [2.24, 2.45) is 5.90 Å². The fourth-order valence-corrected chi connectivity index (χ4v) is 0.111. The maximum atomic E-state index is 4.51. The lowest BCUT2D eigenvalue weighted by molar-refractivity contribution is -0.321. The van der Waals surface area contributed by atoms with Gasteiger partial charge in [-0.05, 0) is 13.8 Å². The van der Waals surface area contributed by atoms with Gasteiger partial charge in [-0.3, -0.25) is 0 Å². The highest BCUT2D eigenvalue weighted by atomic mass is 17.3. The summed E-state index contributed by atoms with van der Waals surface area (Å²) in [6.45, 7) is 3.65. The van der Waals surface area contributed by atoms with E-state index < -0.39 is 0 Å². The summed E-state index contributed by atoms with van der Waals surface area (Å²) in [7, 11) is 0. The van der Waals surface area contributed by atoms with E-state index in [0.717, 1.165) is 0 Å². The Bertz CT molecular complexity index is 30.0. The molecule has 0 aliphatic rings. The molecule has 0 aromatic rings. The second-order valence-electron chi connectivity index (χ2n) is 1.24. The second-order valence-corrected chi connectivity index (χ2v) is 1.24. The summed E-state index contributed by atoms with van der Waals surface area (Å²) in [5, 5.41) is 0. The van der Waals surface area contributed by atoms with Gasteiger partial charge >= 0.3 is 0 Å². The molecule has 0 bridgehead atoms. The van der Waals surface area contributed by atoms with Crippen LogP contribution in [-0.2, 0) is 9.88 Å². The van der Waals surface area contributed by atoms with E-state index in [2.05, 4.69) is 15.8 Å². The standard InChI is InChI=1S/C3H9NO2/c1-3(2)5-6-4/h3H,4H2,1-2H3. The minimum Gasteiger partial charge on any atom is -0.216 e. The minimum absolute atomic E-state index is 0.0509. The number of hydrogen-bond donors (Lipinski definition) is 1. The maximum Gasteiger partial charge on any atom is 0.0893 e. The average molecular weight is 91.1 g/mol. The molecule has 0 aromatic carbocycles. The molecule has 0 saturated heterocycles. The molecule has 0 aliphatic carbocycles. The zero-order valence-corrected chi connectivity index (χ0v) is 3.97. The third kappa shape index (κ3) is 3.88. The highest BCUT2D eigenvalue weighted by Crippen LogP contribution is 1.81. The summed E-state index contributed by atoms with van der Waals surface area (Å²) in [5.41, 5.74) is 0. The van der Waals surface area contributed by atoms with Crippen molar-refractivity contribution < 1.29 is 9.88 Å². The number of rotatable bonds is 2. The van der Waals surface area contributed by atoms with E-state index in [4.69, 9.17) is 0 Å². The Balaban J connectivity index is 2.63. The summed E-state index contributed by atoms with van der Waals surface area (Å²) in [6, 6.07) is 0. The first-order valence-corrected chi connectivity index (χ1v) is 1.79. The summed E-state index contributed by atoms with van der Waals surface area (Å²) >= 11 is 0. The zero-order valence-electron chi connectivity index (χ0n) is 3.97. The van der Waals surface area contributed by atoms with Crippen LogP contribution in [0.5, 0.6) is 0 Å². The van der Waals surface area contributed by atoms with Crippen LogP contribution >= 0.6 is 0 Å². The van der Waals surface area contributed by atoms with Gasteiger partial charge in [-0.15, -0.1) is 4.99 Å². The number of nitrogens with two attached hydrogens (primary N) is 1. The van der Waals surface area contributed by atoms with Gasteiger partial charge in [0.25, 0.3) is 0 Å². The first kappa shape index (κ1) is 5.88. The quantitative estimate of drug-likeness (QED) is 0.390. The van der Waals surface area contributed by atoms with E-state index in [1.54, 1.807) is 0 Å². The molecule has 0 atom stereocenters. The second kappa shape index (κ2) is 3.08. The van der Waals surface area contributed by atoms with Crippen molar-refractivity contribution in [1.29, 1.82) is 0 Å². The van der Waals surface area contributed by atoms with Crippen LogP contribution in [0.1, 0.15) is 13.8 Å². The maximum absolute atomic E-state index is 4.51.